The highest BCUT2D eigenvalue weighted by Gasteiger charge is 2.30. The van der Waals surface area contributed by atoms with Gasteiger partial charge in [-0.3, -0.25) is 4.90 Å². The number of benzene rings is 1. The average molecular weight is 278 g/mol. The molecule has 104 valence electrons. The van der Waals surface area contributed by atoms with Crippen molar-refractivity contribution in [1.29, 1.82) is 0 Å². The van der Waals surface area contributed by atoms with Crippen LogP contribution in [0.5, 0.6) is 5.75 Å². The van der Waals surface area contributed by atoms with Crippen LogP contribution in [0.3, 0.4) is 0 Å². The van der Waals surface area contributed by atoms with Crippen molar-refractivity contribution in [2.75, 3.05) is 14.2 Å². The van der Waals surface area contributed by atoms with Crippen LogP contribution >= 0.6 is 12.2 Å². The van der Waals surface area contributed by atoms with E-state index >= 15 is 0 Å². The number of thiocarbonyl (C=S) groups is 1. The lowest BCUT2D eigenvalue weighted by Gasteiger charge is -2.25. The fourth-order valence-electron chi connectivity index (χ4n) is 2.41. The Morgan fingerprint density at radius 1 is 1.53 bits per heavy atom. The summed E-state index contributed by atoms with van der Waals surface area (Å²) in [4.78, 5) is 2.77. The molecule has 1 atom stereocenters. The highest BCUT2D eigenvalue weighted by Crippen LogP contribution is 2.35. The molecule has 19 heavy (non-hydrogen) atoms. The Balaban J connectivity index is 2.10. The second kappa shape index (κ2) is 5.88. The normalized spacial score (nSPS) is 16.4. The quantitative estimate of drug-likeness (QED) is 0.812. The number of methoxy groups -OCH3 is 1. The van der Waals surface area contributed by atoms with Gasteiger partial charge in [0.15, 0.2) is 0 Å². The van der Waals surface area contributed by atoms with Gasteiger partial charge < -0.3 is 10.5 Å². The van der Waals surface area contributed by atoms with Gasteiger partial charge in [-0.1, -0.05) is 18.3 Å². The van der Waals surface area contributed by atoms with Crippen LogP contribution in [0.2, 0.25) is 0 Å². The van der Waals surface area contributed by atoms with Gasteiger partial charge in [-0.25, -0.2) is 0 Å². The SMILES string of the molecule is COc1cc(CN(C)C(C)C2CC2)ccc1C(N)=S. The van der Waals surface area contributed by atoms with Gasteiger partial charge in [-0.05, 0) is 50.4 Å². The average Bonchev–Trinajstić information content (AvgIpc) is 3.21. The third-order valence-electron chi connectivity index (χ3n) is 3.96. The Morgan fingerprint density at radius 2 is 2.21 bits per heavy atom. The zero-order valence-electron chi connectivity index (χ0n) is 11.8. The van der Waals surface area contributed by atoms with Gasteiger partial charge in [-0.2, -0.15) is 0 Å². The maximum absolute atomic E-state index is 5.68. The van der Waals surface area contributed by atoms with Gasteiger partial charge in [0.25, 0.3) is 0 Å². The summed E-state index contributed by atoms with van der Waals surface area (Å²) in [6, 6.07) is 6.70. The summed E-state index contributed by atoms with van der Waals surface area (Å²) in [5.41, 5.74) is 7.71. The van der Waals surface area contributed by atoms with Crippen molar-refractivity contribution in [2.24, 2.45) is 11.7 Å². The van der Waals surface area contributed by atoms with Crippen molar-refractivity contribution in [1.82, 2.24) is 4.90 Å². The monoisotopic (exact) mass is 278 g/mol. The van der Waals surface area contributed by atoms with Crippen molar-refractivity contribution in [3.8, 4) is 5.75 Å². The van der Waals surface area contributed by atoms with Gasteiger partial charge in [0.05, 0.1) is 12.7 Å². The summed E-state index contributed by atoms with van der Waals surface area (Å²) in [7, 11) is 3.83. The van der Waals surface area contributed by atoms with Crippen LogP contribution in [0.1, 0.15) is 30.9 Å². The van der Waals surface area contributed by atoms with Gasteiger partial charge in [-0.15, -0.1) is 0 Å². The summed E-state index contributed by atoms with van der Waals surface area (Å²) in [6.07, 6.45) is 2.74. The third-order valence-corrected chi connectivity index (χ3v) is 4.18. The zero-order valence-corrected chi connectivity index (χ0v) is 12.7. The largest absolute Gasteiger partial charge is 0.496 e. The number of nitrogens with zero attached hydrogens (tertiary/aromatic N) is 1. The minimum Gasteiger partial charge on any atom is -0.496 e. The Hall–Kier alpha value is -1.13. The lowest BCUT2D eigenvalue weighted by atomic mass is 10.1. The van der Waals surface area contributed by atoms with Crippen LogP contribution < -0.4 is 10.5 Å². The van der Waals surface area contributed by atoms with E-state index < -0.39 is 0 Å². The maximum atomic E-state index is 5.68. The highest BCUT2D eigenvalue weighted by atomic mass is 32.1. The molecule has 1 fully saturated rings. The molecule has 2 N–H and O–H groups in total. The molecule has 2 rings (SSSR count). The predicted octanol–water partition coefficient (Wildman–Crippen LogP) is 2.56. The van der Waals surface area contributed by atoms with E-state index in [0.29, 0.717) is 11.0 Å². The second-order valence-electron chi connectivity index (χ2n) is 5.39. The predicted molar refractivity (Wildman–Crippen MR) is 82.5 cm³/mol. The number of hydrogen-bond donors (Lipinski definition) is 1. The van der Waals surface area contributed by atoms with E-state index in [4.69, 9.17) is 22.7 Å². The van der Waals surface area contributed by atoms with Crippen molar-refractivity contribution < 1.29 is 4.74 Å². The molecule has 0 saturated heterocycles. The summed E-state index contributed by atoms with van der Waals surface area (Å²) >= 11 is 5.02. The van der Waals surface area contributed by atoms with Crippen molar-refractivity contribution in [3.05, 3.63) is 29.3 Å². The lowest BCUT2D eigenvalue weighted by molar-refractivity contribution is 0.226. The molecule has 4 heteroatoms. The summed E-state index contributed by atoms with van der Waals surface area (Å²) in [6.45, 7) is 3.23. The van der Waals surface area contributed by atoms with E-state index in [2.05, 4.69) is 24.9 Å². The Labute approximate surface area is 120 Å². The first-order valence-corrected chi connectivity index (χ1v) is 7.10. The molecule has 0 spiro atoms. The van der Waals surface area contributed by atoms with Crippen LogP contribution in [0, 0.1) is 5.92 Å². The van der Waals surface area contributed by atoms with Crippen LogP contribution in [-0.2, 0) is 6.54 Å². The molecule has 0 amide bonds. The van der Waals surface area contributed by atoms with Crippen LogP contribution in [-0.4, -0.2) is 30.1 Å². The van der Waals surface area contributed by atoms with E-state index in [9.17, 15) is 0 Å². The third kappa shape index (κ3) is 3.45. The smallest absolute Gasteiger partial charge is 0.129 e. The maximum Gasteiger partial charge on any atom is 0.129 e. The molecular formula is C15H22N2OS. The molecule has 1 unspecified atom stereocenters. The molecule has 1 aromatic carbocycles. The molecule has 0 aliphatic heterocycles. The number of nitrogens with two attached hydrogens (primary N) is 1. The molecular weight excluding hydrogens is 256 g/mol. The van der Waals surface area contributed by atoms with Gasteiger partial charge >= 0.3 is 0 Å². The molecule has 1 aromatic rings. The van der Waals surface area contributed by atoms with Crippen LogP contribution in [0.15, 0.2) is 18.2 Å². The standard InChI is InChI=1S/C15H22N2OS/c1-10(12-5-6-12)17(2)9-11-4-7-13(15(16)19)14(8-11)18-3/h4,7-8,10,12H,5-6,9H2,1-3H3,(H2,16,19). The van der Waals surface area contributed by atoms with Gasteiger partial charge in [0.2, 0.25) is 0 Å². The van der Waals surface area contributed by atoms with Crippen LogP contribution in [0.25, 0.3) is 0 Å². The van der Waals surface area contributed by atoms with Gasteiger partial charge in [0.1, 0.15) is 10.7 Å². The number of rotatable bonds is 6. The molecule has 1 aliphatic rings. The van der Waals surface area contributed by atoms with Crippen molar-refractivity contribution in [2.45, 2.75) is 32.4 Å². The van der Waals surface area contributed by atoms with E-state index in [1.165, 1.54) is 18.4 Å². The van der Waals surface area contributed by atoms with E-state index in [0.717, 1.165) is 23.8 Å². The summed E-state index contributed by atoms with van der Waals surface area (Å²) < 4.78 is 5.36. The zero-order chi connectivity index (χ0) is 14.0. The minimum atomic E-state index is 0.378. The Kier molecular flexibility index (Phi) is 4.42. The first-order valence-electron chi connectivity index (χ1n) is 6.70. The molecule has 0 heterocycles. The fourth-order valence-corrected chi connectivity index (χ4v) is 2.58. The Bertz CT molecular complexity index is 471. The number of ether oxygens (including phenoxy) is 1. The summed E-state index contributed by atoms with van der Waals surface area (Å²) in [5.74, 6) is 1.64. The van der Waals surface area contributed by atoms with Crippen molar-refractivity contribution in [3.63, 3.8) is 0 Å². The fraction of sp³-hybridized carbons (Fsp3) is 0.533. The molecule has 0 bridgehead atoms. The van der Waals surface area contributed by atoms with E-state index in [1.807, 2.05) is 12.1 Å². The molecule has 3 nitrogen and oxygen atoms in total. The number of hydrogen-bond acceptors (Lipinski definition) is 3. The van der Waals surface area contributed by atoms with Crippen LogP contribution in [0.4, 0.5) is 0 Å². The second-order valence-corrected chi connectivity index (χ2v) is 5.83. The first-order chi connectivity index (χ1) is 9.02. The molecule has 0 aromatic heterocycles. The van der Waals surface area contributed by atoms with Crippen molar-refractivity contribution >= 4 is 17.2 Å². The van der Waals surface area contributed by atoms with E-state index in [1.54, 1.807) is 7.11 Å². The molecule has 0 radical (unpaired) electrons. The first kappa shape index (κ1) is 14.3. The summed E-state index contributed by atoms with van der Waals surface area (Å²) in [5, 5.41) is 0. The lowest BCUT2D eigenvalue weighted by Crippen LogP contribution is -2.30. The minimum absolute atomic E-state index is 0.378. The Morgan fingerprint density at radius 3 is 2.74 bits per heavy atom. The van der Waals surface area contributed by atoms with Gasteiger partial charge in [0, 0.05) is 12.6 Å². The van der Waals surface area contributed by atoms with E-state index in [-0.39, 0.29) is 0 Å². The topological polar surface area (TPSA) is 38.5 Å². The highest BCUT2D eigenvalue weighted by molar-refractivity contribution is 7.80. The molecule has 1 saturated carbocycles. The molecule has 1 aliphatic carbocycles.